The van der Waals surface area contributed by atoms with E-state index in [0.29, 0.717) is 6.42 Å². The zero-order chi connectivity index (χ0) is 13.1. The number of benzene rings is 1. The second kappa shape index (κ2) is 5.54. The largest absolute Gasteiger partial charge is 1.00 e. The Morgan fingerprint density at radius 1 is 1.35 bits per heavy atom. The maximum absolute atomic E-state index is 12.5. The number of alkyl halides is 3. The average Bonchev–Trinajstić information content (AvgIpc) is 2.27. The van der Waals surface area contributed by atoms with Crippen LogP contribution in [0.2, 0.25) is 0 Å². The van der Waals surface area contributed by atoms with E-state index in [2.05, 4.69) is 4.90 Å². The molecule has 1 aromatic rings. The minimum Gasteiger partial charge on any atom is -0.304 e. The molecule has 0 bridgehead atoms. The lowest BCUT2D eigenvalue weighted by molar-refractivity contribution is -0.137. The van der Waals surface area contributed by atoms with Gasteiger partial charge in [-0.25, -0.2) is 0 Å². The summed E-state index contributed by atoms with van der Waals surface area (Å²) in [5.74, 6) is 0. The summed E-state index contributed by atoms with van der Waals surface area (Å²) in [6, 6.07) is 5.80. The highest BCUT2D eigenvalue weighted by Gasteiger charge is 2.30. The Kier molecular flexibility index (Phi) is 4.57. The van der Waals surface area contributed by atoms with Gasteiger partial charge >= 0.3 is 7.60 Å². The summed E-state index contributed by atoms with van der Waals surface area (Å²) in [5.41, 5.74) is 0.161. The first-order valence-corrected chi connectivity index (χ1v) is 5.71. The molecule has 0 aliphatic carbocycles. The monoisotopic (exact) mass is 246 g/mol. The first-order valence-electron chi connectivity index (χ1n) is 5.71. The molecular weight excluding hydrogens is 227 g/mol. The van der Waals surface area contributed by atoms with E-state index >= 15 is 0 Å². The second-order valence-corrected chi connectivity index (χ2v) is 4.32. The van der Waals surface area contributed by atoms with Crippen LogP contribution in [0.25, 0.3) is 0 Å². The van der Waals surface area contributed by atoms with Crippen LogP contribution in [0.4, 0.5) is 13.2 Å². The molecular formula is C13H19F3N+. The highest BCUT2D eigenvalue weighted by Crippen LogP contribution is 2.29. The molecule has 96 valence electrons. The van der Waals surface area contributed by atoms with E-state index in [1.165, 1.54) is 12.1 Å². The van der Waals surface area contributed by atoms with E-state index in [1.807, 2.05) is 20.9 Å². The van der Waals surface area contributed by atoms with Gasteiger partial charge in [-0.2, -0.15) is 13.2 Å². The van der Waals surface area contributed by atoms with Crippen molar-refractivity contribution in [1.82, 2.24) is 4.90 Å². The van der Waals surface area contributed by atoms with Crippen LogP contribution in [-0.2, 0) is 12.6 Å². The van der Waals surface area contributed by atoms with Crippen molar-refractivity contribution in [3.05, 3.63) is 35.4 Å². The van der Waals surface area contributed by atoms with E-state index in [0.717, 1.165) is 18.2 Å². The standard InChI is InChI=1S/C13H18F3N/c1-4-17(3)10(2)8-11-6-5-7-12(9-11)13(14,15)16/h5-7,9-10H,4,8H2,1-3H3/p+1. The fourth-order valence-electron chi connectivity index (χ4n) is 1.68. The Hall–Kier alpha value is -1.03. The molecule has 1 aromatic carbocycles. The van der Waals surface area contributed by atoms with Gasteiger partial charge in [-0.3, -0.25) is 0 Å². The first kappa shape index (κ1) is 14.0. The minimum atomic E-state index is -4.25. The molecule has 4 heteroatoms. The highest BCUT2D eigenvalue weighted by atomic mass is 19.4. The van der Waals surface area contributed by atoms with Crippen LogP contribution in [0.1, 0.15) is 26.4 Å². The van der Waals surface area contributed by atoms with E-state index in [9.17, 15) is 13.2 Å². The predicted octanol–water partition coefficient (Wildman–Crippen LogP) is 3.70. The minimum absolute atomic E-state index is 0. The van der Waals surface area contributed by atoms with Crippen molar-refractivity contribution >= 4 is 0 Å². The van der Waals surface area contributed by atoms with E-state index in [-0.39, 0.29) is 7.47 Å². The van der Waals surface area contributed by atoms with Gasteiger partial charge in [-0.1, -0.05) is 25.1 Å². The summed E-state index contributed by atoms with van der Waals surface area (Å²) >= 11 is 0. The van der Waals surface area contributed by atoms with Gasteiger partial charge in [0, 0.05) is 6.04 Å². The lowest BCUT2D eigenvalue weighted by atomic mass is 10.0. The van der Waals surface area contributed by atoms with Crippen molar-refractivity contribution in [2.45, 2.75) is 32.5 Å². The first-order chi connectivity index (χ1) is 7.84. The van der Waals surface area contributed by atoms with Crippen LogP contribution in [0.3, 0.4) is 0 Å². The van der Waals surface area contributed by atoms with Gasteiger partial charge < -0.3 is 4.90 Å². The summed E-state index contributed by atoms with van der Waals surface area (Å²) in [6.45, 7) is 4.94. The molecule has 0 aliphatic rings. The Balaban J connectivity index is 0.00000289. The van der Waals surface area contributed by atoms with Gasteiger partial charge in [0.2, 0.25) is 0 Å². The van der Waals surface area contributed by atoms with Crippen molar-refractivity contribution in [2.24, 2.45) is 0 Å². The third-order valence-corrected chi connectivity index (χ3v) is 3.04. The molecule has 1 nitrogen and oxygen atoms in total. The maximum atomic E-state index is 12.5. The molecule has 1 rings (SSSR count). The van der Waals surface area contributed by atoms with E-state index in [1.54, 1.807) is 6.07 Å². The fraction of sp³-hybridized carbons (Fsp3) is 0.538. The third kappa shape index (κ3) is 4.04. The molecule has 0 aliphatic heterocycles. The zero-order valence-electron chi connectivity index (χ0n) is 11.4. The molecule has 0 amide bonds. The predicted molar refractivity (Wildman–Crippen MR) is 64.0 cm³/mol. The second-order valence-electron chi connectivity index (χ2n) is 4.32. The summed E-state index contributed by atoms with van der Waals surface area (Å²) < 4.78 is 37.6. The van der Waals surface area contributed by atoms with Crippen LogP contribution in [0.5, 0.6) is 0 Å². The normalized spacial score (nSPS) is 14.1. The molecule has 0 N–H and O–H groups in total. The summed E-state index contributed by atoms with van der Waals surface area (Å²) in [7, 11) is 1.97. The lowest BCUT2D eigenvalue weighted by Gasteiger charge is -2.23. The quantitative estimate of drug-likeness (QED) is 0.783. The van der Waals surface area contributed by atoms with Gasteiger partial charge in [0.05, 0.1) is 5.56 Å². The smallest absolute Gasteiger partial charge is 0.304 e. The maximum Gasteiger partial charge on any atom is 1.00 e. The molecule has 0 spiro atoms. The van der Waals surface area contributed by atoms with Gasteiger partial charge in [0.25, 0.3) is 0 Å². The van der Waals surface area contributed by atoms with Gasteiger partial charge in [0.1, 0.15) is 0 Å². The molecule has 1 unspecified atom stereocenters. The fourth-order valence-corrected chi connectivity index (χ4v) is 1.68. The number of hydrogen-bond donors (Lipinski definition) is 0. The van der Waals surface area contributed by atoms with Crippen LogP contribution in [-0.4, -0.2) is 24.5 Å². The zero-order valence-corrected chi connectivity index (χ0v) is 10.4. The topological polar surface area (TPSA) is 3.24 Å². The summed E-state index contributed by atoms with van der Waals surface area (Å²) in [5, 5.41) is 0. The number of hydrogen-bond acceptors (Lipinski definition) is 1. The Labute approximate surface area is 102 Å². The highest BCUT2D eigenvalue weighted by molar-refractivity contribution is 5.26. The number of halogens is 3. The van der Waals surface area contributed by atoms with Crippen molar-refractivity contribution in [3.63, 3.8) is 0 Å². The van der Waals surface area contributed by atoms with Crippen LogP contribution in [0, 0.1) is 0 Å². The van der Waals surface area contributed by atoms with Gasteiger partial charge in [0.15, 0.2) is 0 Å². The molecule has 17 heavy (non-hydrogen) atoms. The molecule has 0 saturated carbocycles. The Morgan fingerprint density at radius 2 is 2.00 bits per heavy atom. The lowest BCUT2D eigenvalue weighted by Crippen LogP contribution is -2.30. The average molecular weight is 246 g/mol. The van der Waals surface area contributed by atoms with Crippen molar-refractivity contribution in [3.8, 4) is 0 Å². The molecule has 0 aromatic heterocycles. The molecule has 0 radical (unpaired) electrons. The third-order valence-electron chi connectivity index (χ3n) is 3.04. The molecule has 0 fully saturated rings. The Bertz CT molecular complexity index is 365. The van der Waals surface area contributed by atoms with Crippen molar-refractivity contribution in [2.75, 3.05) is 13.6 Å². The number of likely N-dealkylation sites (N-methyl/N-ethyl adjacent to an activating group) is 1. The van der Waals surface area contributed by atoms with Crippen molar-refractivity contribution < 1.29 is 14.6 Å². The number of rotatable bonds is 4. The molecule has 1 atom stereocenters. The van der Waals surface area contributed by atoms with Crippen LogP contribution >= 0.6 is 0 Å². The summed E-state index contributed by atoms with van der Waals surface area (Å²) in [4.78, 5) is 2.11. The van der Waals surface area contributed by atoms with Gasteiger partial charge in [-0.15, -0.1) is 0 Å². The van der Waals surface area contributed by atoms with Crippen molar-refractivity contribution in [1.29, 1.82) is 0 Å². The Morgan fingerprint density at radius 3 is 2.53 bits per heavy atom. The SMILES string of the molecule is CCN(C)C(C)Cc1cccc(C(F)(F)F)c1.[H+]. The number of nitrogens with zero attached hydrogens (tertiary/aromatic N) is 1. The van der Waals surface area contributed by atoms with Crippen LogP contribution < -0.4 is 0 Å². The molecule has 0 saturated heterocycles. The van der Waals surface area contributed by atoms with Crippen LogP contribution in [0.15, 0.2) is 24.3 Å². The van der Waals surface area contributed by atoms with Gasteiger partial charge in [-0.05, 0) is 38.6 Å². The van der Waals surface area contributed by atoms with E-state index < -0.39 is 11.7 Å². The summed E-state index contributed by atoms with van der Waals surface area (Å²) in [6.07, 6.45) is -3.62. The van der Waals surface area contributed by atoms with E-state index in [4.69, 9.17) is 0 Å². The molecule has 0 heterocycles.